The quantitative estimate of drug-likeness (QED) is 0.581. The Bertz CT molecular complexity index is 808. The first-order valence-electron chi connectivity index (χ1n) is 10.4. The van der Waals surface area contributed by atoms with Gasteiger partial charge in [-0.3, -0.25) is 10.2 Å². The topological polar surface area (TPSA) is 84.5 Å². The van der Waals surface area contributed by atoms with Gasteiger partial charge in [-0.1, -0.05) is 12.1 Å². The van der Waals surface area contributed by atoms with E-state index < -0.39 is 0 Å². The second-order valence-electron chi connectivity index (χ2n) is 8.13. The van der Waals surface area contributed by atoms with Crippen LogP contribution in [0.2, 0.25) is 0 Å². The van der Waals surface area contributed by atoms with Crippen LogP contribution in [0.15, 0.2) is 41.8 Å². The number of fused-ring (bicyclic) bond motifs is 3. The van der Waals surface area contributed by atoms with E-state index in [1.54, 1.807) is 7.11 Å². The van der Waals surface area contributed by atoms with Crippen molar-refractivity contribution >= 4 is 11.7 Å². The number of carbonyl (C=O) groups excluding carboxylic acids is 1. The fourth-order valence-electron chi connectivity index (χ4n) is 4.10. The van der Waals surface area contributed by atoms with E-state index in [1.165, 1.54) is 5.56 Å². The molecule has 0 aromatic heterocycles. The van der Waals surface area contributed by atoms with Crippen LogP contribution in [0.25, 0.3) is 0 Å². The molecule has 1 aromatic carbocycles. The predicted molar refractivity (Wildman–Crippen MR) is 115 cm³/mol. The minimum atomic E-state index is 0.0627. The van der Waals surface area contributed by atoms with E-state index in [1.807, 2.05) is 32.4 Å². The Kier molecular flexibility index (Phi) is 6.10. The SMILES string of the molecule is COc1ccc(C2CC3C4NN=C(CCC(=O)NCCN(C)C)N4C=CN3N2)cc1. The summed E-state index contributed by atoms with van der Waals surface area (Å²) in [5.41, 5.74) is 8.09. The van der Waals surface area contributed by atoms with E-state index in [0.29, 0.717) is 19.4 Å². The second-order valence-corrected chi connectivity index (χ2v) is 8.13. The molecule has 162 valence electrons. The van der Waals surface area contributed by atoms with Crippen molar-refractivity contribution in [2.75, 3.05) is 34.3 Å². The van der Waals surface area contributed by atoms with Gasteiger partial charge in [0.2, 0.25) is 5.91 Å². The summed E-state index contributed by atoms with van der Waals surface area (Å²) in [5.74, 6) is 1.83. The van der Waals surface area contributed by atoms with E-state index in [9.17, 15) is 4.79 Å². The zero-order chi connectivity index (χ0) is 21.1. The van der Waals surface area contributed by atoms with Crippen LogP contribution in [-0.4, -0.2) is 73.1 Å². The first-order chi connectivity index (χ1) is 14.5. The van der Waals surface area contributed by atoms with Crippen molar-refractivity contribution in [2.24, 2.45) is 5.10 Å². The molecule has 1 fully saturated rings. The summed E-state index contributed by atoms with van der Waals surface area (Å²) in [6, 6.07) is 8.69. The van der Waals surface area contributed by atoms with E-state index in [4.69, 9.17) is 4.74 Å². The number of nitrogens with zero attached hydrogens (tertiary/aromatic N) is 4. The fourth-order valence-corrected chi connectivity index (χ4v) is 4.10. The highest BCUT2D eigenvalue weighted by Crippen LogP contribution is 2.34. The number of hydrogen-bond donors (Lipinski definition) is 3. The molecule has 1 amide bonds. The van der Waals surface area contributed by atoms with Gasteiger partial charge in [-0.05, 0) is 38.2 Å². The molecule has 1 aromatic rings. The molecular formula is C21H31N7O2. The Hall–Kier alpha value is -2.78. The predicted octanol–water partition coefficient (Wildman–Crippen LogP) is 0.803. The van der Waals surface area contributed by atoms with Crippen molar-refractivity contribution in [1.29, 1.82) is 0 Å². The number of hydrogen-bond acceptors (Lipinski definition) is 8. The lowest BCUT2D eigenvalue weighted by Crippen LogP contribution is -2.54. The summed E-state index contributed by atoms with van der Waals surface area (Å²) in [7, 11) is 5.67. The molecule has 3 N–H and O–H groups in total. The number of rotatable bonds is 8. The third kappa shape index (κ3) is 4.36. The van der Waals surface area contributed by atoms with Gasteiger partial charge in [0.25, 0.3) is 0 Å². The monoisotopic (exact) mass is 413 g/mol. The standard InChI is InChI=1S/C21H31N7O2/c1-26(2)11-10-22-20(29)9-8-19-23-24-21-18-14-17(25-28(18)13-12-27(19)21)15-4-6-16(30-3)7-5-15/h4-7,12-13,17-18,21,24-25H,8-11,14H2,1-3H3,(H,22,29). The second kappa shape index (κ2) is 8.93. The van der Waals surface area contributed by atoms with Crippen molar-refractivity contribution in [3.63, 3.8) is 0 Å². The number of carbonyl (C=O) groups is 1. The third-order valence-corrected chi connectivity index (χ3v) is 5.79. The number of benzene rings is 1. The van der Waals surface area contributed by atoms with Gasteiger partial charge >= 0.3 is 0 Å². The lowest BCUT2D eigenvalue weighted by Gasteiger charge is -2.37. The number of ether oxygens (including phenoxy) is 1. The van der Waals surface area contributed by atoms with Gasteiger partial charge in [0.05, 0.1) is 19.2 Å². The minimum Gasteiger partial charge on any atom is -0.497 e. The molecule has 3 aliphatic heterocycles. The molecule has 4 rings (SSSR count). The number of amides is 1. The molecule has 3 heterocycles. The van der Waals surface area contributed by atoms with Crippen LogP contribution in [0.5, 0.6) is 5.75 Å². The maximum atomic E-state index is 12.1. The van der Waals surface area contributed by atoms with Crippen LogP contribution in [0.1, 0.15) is 30.9 Å². The van der Waals surface area contributed by atoms with Crippen LogP contribution < -0.4 is 20.9 Å². The summed E-state index contributed by atoms with van der Waals surface area (Å²) in [6.45, 7) is 1.50. The lowest BCUT2D eigenvalue weighted by molar-refractivity contribution is -0.121. The Balaban J connectivity index is 1.31. The molecular weight excluding hydrogens is 382 g/mol. The average molecular weight is 414 g/mol. The van der Waals surface area contributed by atoms with Crippen molar-refractivity contribution < 1.29 is 9.53 Å². The van der Waals surface area contributed by atoms with Crippen LogP contribution >= 0.6 is 0 Å². The van der Waals surface area contributed by atoms with Gasteiger partial charge in [0.1, 0.15) is 17.8 Å². The van der Waals surface area contributed by atoms with Gasteiger partial charge < -0.3 is 24.9 Å². The van der Waals surface area contributed by atoms with Crippen molar-refractivity contribution in [3.05, 3.63) is 42.2 Å². The number of hydrazine groups is 1. The van der Waals surface area contributed by atoms with Gasteiger partial charge in [-0.15, -0.1) is 0 Å². The number of methoxy groups -OCH3 is 1. The minimum absolute atomic E-state index is 0.0627. The molecule has 0 bridgehead atoms. The molecule has 0 aliphatic carbocycles. The molecule has 0 radical (unpaired) electrons. The van der Waals surface area contributed by atoms with E-state index >= 15 is 0 Å². The van der Waals surface area contributed by atoms with Crippen molar-refractivity contribution in [3.8, 4) is 5.75 Å². The highest BCUT2D eigenvalue weighted by atomic mass is 16.5. The summed E-state index contributed by atoms with van der Waals surface area (Å²) in [4.78, 5) is 16.3. The summed E-state index contributed by atoms with van der Waals surface area (Å²) in [6.07, 6.45) is 6.17. The van der Waals surface area contributed by atoms with Crippen LogP contribution in [0.4, 0.5) is 0 Å². The van der Waals surface area contributed by atoms with Gasteiger partial charge in [0, 0.05) is 38.3 Å². The molecule has 1 saturated heterocycles. The molecule has 0 spiro atoms. The van der Waals surface area contributed by atoms with Crippen molar-refractivity contribution in [2.45, 2.75) is 37.5 Å². The first kappa shape index (κ1) is 20.5. The molecule has 9 heteroatoms. The molecule has 3 aliphatic rings. The zero-order valence-corrected chi connectivity index (χ0v) is 17.8. The van der Waals surface area contributed by atoms with Gasteiger partial charge in [-0.25, -0.2) is 5.43 Å². The highest BCUT2D eigenvalue weighted by Gasteiger charge is 2.44. The summed E-state index contributed by atoms with van der Waals surface area (Å²) in [5, 5.41) is 9.65. The number of likely N-dealkylation sites (N-methyl/N-ethyl adjacent to an activating group) is 1. The molecule has 30 heavy (non-hydrogen) atoms. The van der Waals surface area contributed by atoms with Gasteiger partial charge in [-0.2, -0.15) is 5.10 Å². The highest BCUT2D eigenvalue weighted by molar-refractivity contribution is 5.89. The summed E-state index contributed by atoms with van der Waals surface area (Å²) < 4.78 is 5.26. The van der Waals surface area contributed by atoms with E-state index in [-0.39, 0.29) is 24.2 Å². The third-order valence-electron chi connectivity index (χ3n) is 5.79. The number of nitrogens with one attached hydrogen (secondary N) is 3. The van der Waals surface area contributed by atoms with E-state index in [0.717, 1.165) is 24.6 Å². The Morgan fingerprint density at radius 1 is 1.30 bits per heavy atom. The van der Waals surface area contributed by atoms with E-state index in [2.05, 4.69) is 54.4 Å². The normalized spacial score (nSPS) is 24.4. The summed E-state index contributed by atoms with van der Waals surface area (Å²) >= 11 is 0. The molecule has 3 atom stereocenters. The molecule has 0 saturated carbocycles. The Morgan fingerprint density at radius 2 is 2.10 bits per heavy atom. The number of hydrazone groups is 1. The zero-order valence-electron chi connectivity index (χ0n) is 17.8. The lowest BCUT2D eigenvalue weighted by atomic mass is 9.99. The average Bonchev–Trinajstić information content (AvgIpc) is 3.36. The molecule has 9 nitrogen and oxygen atoms in total. The number of amidine groups is 1. The van der Waals surface area contributed by atoms with Gasteiger partial charge in [0.15, 0.2) is 0 Å². The van der Waals surface area contributed by atoms with Crippen molar-refractivity contribution in [1.82, 2.24) is 31.0 Å². The smallest absolute Gasteiger partial charge is 0.220 e. The fraction of sp³-hybridized carbons (Fsp3) is 0.524. The largest absolute Gasteiger partial charge is 0.497 e. The van der Waals surface area contributed by atoms with Crippen LogP contribution in [0.3, 0.4) is 0 Å². The Labute approximate surface area is 177 Å². The maximum Gasteiger partial charge on any atom is 0.220 e. The van der Waals surface area contributed by atoms with Crippen LogP contribution in [-0.2, 0) is 4.79 Å². The van der Waals surface area contributed by atoms with Crippen LogP contribution in [0, 0.1) is 0 Å². The maximum absolute atomic E-state index is 12.1. The molecule has 3 unspecified atom stereocenters. The first-order valence-corrected chi connectivity index (χ1v) is 10.4. The Morgan fingerprint density at radius 3 is 2.83 bits per heavy atom.